The van der Waals surface area contributed by atoms with Gasteiger partial charge in [0, 0.05) is 33.9 Å². The van der Waals surface area contributed by atoms with E-state index in [1.165, 1.54) is 6.08 Å². The maximum absolute atomic E-state index is 12.4. The van der Waals surface area contributed by atoms with Crippen LogP contribution in [0, 0.1) is 0 Å². The summed E-state index contributed by atoms with van der Waals surface area (Å²) in [5.74, 6) is 0.703. The maximum Gasteiger partial charge on any atom is 0.187 e. The van der Waals surface area contributed by atoms with E-state index in [0.29, 0.717) is 5.56 Å². The van der Waals surface area contributed by atoms with Gasteiger partial charge in [-0.05, 0) is 36.4 Å². The number of halogens is 1. The van der Waals surface area contributed by atoms with Gasteiger partial charge in [-0.15, -0.1) is 0 Å². The van der Waals surface area contributed by atoms with Crippen molar-refractivity contribution in [2.45, 2.75) is 0 Å². The van der Waals surface area contributed by atoms with Crippen LogP contribution in [0.4, 0.5) is 5.82 Å². The van der Waals surface area contributed by atoms with Crippen molar-refractivity contribution >= 4 is 27.5 Å². The van der Waals surface area contributed by atoms with Crippen molar-refractivity contribution in [3.63, 3.8) is 0 Å². The Hall–Kier alpha value is -3.44. The summed E-state index contributed by atoms with van der Waals surface area (Å²) in [4.78, 5) is 12.4. The summed E-state index contributed by atoms with van der Waals surface area (Å²) < 4.78 is 2.77. The van der Waals surface area contributed by atoms with Gasteiger partial charge in [-0.3, -0.25) is 4.79 Å². The lowest BCUT2D eigenvalue weighted by molar-refractivity contribution is 0.104. The van der Waals surface area contributed by atoms with E-state index >= 15 is 0 Å². The zero-order valence-electron chi connectivity index (χ0n) is 15.5. The van der Waals surface area contributed by atoms with Crippen LogP contribution in [0.5, 0.6) is 0 Å². The van der Waals surface area contributed by atoms with Gasteiger partial charge in [0.2, 0.25) is 0 Å². The largest absolute Gasteiger partial charge is 0.346 e. The smallest absolute Gasteiger partial charge is 0.187 e. The van der Waals surface area contributed by atoms with Crippen LogP contribution in [0.3, 0.4) is 0 Å². The molecule has 142 valence electrons. The fourth-order valence-corrected chi connectivity index (χ4v) is 3.18. The third kappa shape index (κ3) is 4.52. The summed E-state index contributed by atoms with van der Waals surface area (Å²) >= 11 is 3.38. The van der Waals surface area contributed by atoms with Gasteiger partial charge in [-0.1, -0.05) is 64.5 Å². The number of hydrogen-bond donors (Lipinski definition) is 1. The van der Waals surface area contributed by atoms with E-state index in [-0.39, 0.29) is 5.78 Å². The molecule has 1 aromatic heterocycles. The molecule has 3 aromatic carbocycles. The number of rotatable bonds is 6. The van der Waals surface area contributed by atoms with E-state index in [4.69, 9.17) is 5.10 Å². The van der Waals surface area contributed by atoms with Crippen molar-refractivity contribution in [2.75, 3.05) is 5.32 Å². The Morgan fingerprint density at radius 1 is 0.897 bits per heavy atom. The van der Waals surface area contributed by atoms with E-state index < -0.39 is 0 Å². The first kappa shape index (κ1) is 18.9. The number of carbonyl (C=O) groups is 1. The molecule has 0 saturated carbocycles. The number of anilines is 1. The van der Waals surface area contributed by atoms with E-state index in [0.717, 1.165) is 27.2 Å². The molecular weight excluding hydrogens is 426 g/mol. The molecule has 4 nitrogen and oxygen atoms in total. The number of nitrogens with one attached hydrogen (secondary N) is 1. The number of carbonyl (C=O) groups excluding carboxylic acids is 1. The first-order chi connectivity index (χ1) is 14.2. The molecule has 0 atom stereocenters. The lowest BCUT2D eigenvalue weighted by Gasteiger charge is -2.06. The third-order valence-corrected chi connectivity index (χ3v) is 4.90. The van der Waals surface area contributed by atoms with Crippen molar-refractivity contribution in [1.82, 2.24) is 9.78 Å². The van der Waals surface area contributed by atoms with Crippen LogP contribution in [0.15, 0.2) is 108 Å². The third-order valence-electron chi connectivity index (χ3n) is 4.37. The van der Waals surface area contributed by atoms with Crippen molar-refractivity contribution < 1.29 is 4.79 Å². The topological polar surface area (TPSA) is 46.9 Å². The highest BCUT2D eigenvalue weighted by atomic mass is 79.9. The lowest BCUT2D eigenvalue weighted by atomic mass is 10.1. The molecule has 0 saturated heterocycles. The maximum atomic E-state index is 12.4. The van der Waals surface area contributed by atoms with E-state index in [1.54, 1.807) is 18.3 Å². The molecule has 0 aliphatic carbocycles. The Bertz CT molecular complexity index is 1130. The highest BCUT2D eigenvalue weighted by Gasteiger charge is 2.10. The van der Waals surface area contributed by atoms with Crippen LogP contribution in [0.1, 0.15) is 10.4 Å². The first-order valence-electron chi connectivity index (χ1n) is 9.14. The highest BCUT2D eigenvalue weighted by Crippen LogP contribution is 2.24. The fraction of sp³-hybridized carbons (Fsp3) is 0. The molecule has 0 radical (unpaired) electrons. The minimum Gasteiger partial charge on any atom is -0.346 e. The molecule has 0 unspecified atom stereocenters. The average Bonchev–Trinajstić information content (AvgIpc) is 3.19. The predicted molar refractivity (Wildman–Crippen MR) is 120 cm³/mol. The van der Waals surface area contributed by atoms with Crippen molar-refractivity contribution in [3.05, 3.63) is 113 Å². The summed E-state index contributed by atoms with van der Waals surface area (Å²) in [5, 5.41) is 7.95. The molecular formula is C24H18BrN3O. The molecule has 0 aliphatic heterocycles. The van der Waals surface area contributed by atoms with Crippen molar-refractivity contribution in [1.29, 1.82) is 0 Å². The molecule has 4 rings (SSSR count). The Morgan fingerprint density at radius 3 is 2.24 bits per heavy atom. The van der Waals surface area contributed by atoms with Crippen LogP contribution in [-0.2, 0) is 0 Å². The molecule has 0 amide bonds. The number of benzene rings is 3. The van der Waals surface area contributed by atoms with Crippen molar-refractivity contribution in [2.24, 2.45) is 0 Å². The molecule has 0 bridgehead atoms. The Labute approximate surface area is 177 Å². The van der Waals surface area contributed by atoms with E-state index in [1.807, 2.05) is 83.5 Å². The monoisotopic (exact) mass is 443 g/mol. The quantitative estimate of drug-likeness (QED) is 0.288. The number of para-hydroxylation sites is 1. The first-order valence-corrected chi connectivity index (χ1v) is 9.94. The van der Waals surface area contributed by atoms with Crippen LogP contribution < -0.4 is 5.32 Å². The summed E-state index contributed by atoms with van der Waals surface area (Å²) in [6.07, 6.45) is 3.17. The zero-order valence-corrected chi connectivity index (χ0v) is 17.1. The minimum atomic E-state index is -0.0703. The molecule has 29 heavy (non-hydrogen) atoms. The fourth-order valence-electron chi connectivity index (χ4n) is 2.91. The molecule has 1 N–H and O–H groups in total. The molecule has 0 fully saturated rings. The van der Waals surface area contributed by atoms with Crippen LogP contribution >= 0.6 is 15.9 Å². The van der Waals surface area contributed by atoms with E-state index in [9.17, 15) is 4.79 Å². The highest BCUT2D eigenvalue weighted by molar-refractivity contribution is 9.10. The predicted octanol–water partition coefficient (Wildman–Crippen LogP) is 6.11. The summed E-state index contributed by atoms with van der Waals surface area (Å²) in [6.45, 7) is 0. The second-order valence-corrected chi connectivity index (χ2v) is 7.29. The van der Waals surface area contributed by atoms with Crippen LogP contribution in [-0.4, -0.2) is 15.6 Å². The van der Waals surface area contributed by atoms with Gasteiger partial charge >= 0.3 is 0 Å². The summed E-state index contributed by atoms with van der Waals surface area (Å²) in [5.41, 5.74) is 3.45. The van der Waals surface area contributed by atoms with Crippen molar-refractivity contribution in [3.8, 4) is 16.9 Å². The van der Waals surface area contributed by atoms with Gasteiger partial charge in [0.25, 0.3) is 0 Å². The lowest BCUT2D eigenvalue weighted by Crippen LogP contribution is -2.02. The van der Waals surface area contributed by atoms with Crippen LogP contribution in [0.25, 0.3) is 16.9 Å². The van der Waals surface area contributed by atoms with E-state index in [2.05, 4.69) is 21.2 Å². The van der Waals surface area contributed by atoms with Gasteiger partial charge in [0.05, 0.1) is 11.4 Å². The van der Waals surface area contributed by atoms with Gasteiger partial charge in [0.1, 0.15) is 5.82 Å². The summed E-state index contributed by atoms with van der Waals surface area (Å²) in [6, 6.07) is 29.1. The normalized spacial score (nSPS) is 10.9. The molecule has 0 spiro atoms. The van der Waals surface area contributed by atoms with Crippen LogP contribution in [0.2, 0.25) is 0 Å². The number of nitrogens with zero attached hydrogens (tertiary/aromatic N) is 2. The van der Waals surface area contributed by atoms with Gasteiger partial charge in [-0.25, -0.2) is 4.68 Å². The van der Waals surface area contributed by atoms with Gasteiger partial charge < -0.3 is 5.32 Å². The molecule has 0 aliphatic rings. The molecule has 5 heteroatoms. The van der Waals surface area contributed by atoms with Gasteiger partial charge in [-0.2, -0.15) is 5.10 Å². The Balaban J connectivity index is 1.61. The average molecular weight is 444 g/mol. The molecule has 1 heterocycles. The number of allylic oxidation sites excluding steroid dienone is 1. The number of hydrogen-bond acceptors (Lipinski definition) is 3. The SMILES string of the molecule is O=C(/C=C/Nc1cc(-c2ccccc2)nn1-c1ccccc1)c1ccc(Br)cc1. The molecule has 4 aromatic rings. The zero-order chi connectivity index (χ0) is 20.1. The Morgan fingerprint density at radius 2 is 1.55 bits per heavy atom. The second kappa shape index (κ2) is 8.71. The Kier molecular flexibility index (Phi) is 5.68. The van der Waals surface area contributed by atoms with Gasteiger partial charge in [0.15, 0.2) is 5.78 Å². The second-order valence-electron chi connectivity index (χ2n) is 6.38. The summed E-state index contributed by atoms with van der Waals surface area (Å²) in [7, 11) is 0. The number of aromatic nitrogens is 2. The standard InChI is InChI=1S/C24H18BrN3O/c25-20-13-11-19(12-14-20)23(29)15-16-26-24-17-22(18-7-3-1-4-8-18)27-28(24)21-9-5-2-6-10-21/h1-17,26H/b16-15+. The number of ketones is 1. The minimum absolute atomic E-state index is 0.0703.